The fourth-order valence-electron chi connectivity index (χ4n) is 2.84. The molecule has 0 fully saturated rings. The summed E-state index contributed by atoms with van der Waals surface area (Å²) in [5.74, 6) is 0.197. The number of hydrogen-bond donors (Lipinski definition) is 0. The average molecular weight is 418 g/mol. The van der Waals surface area contributed by atoms with Gasteiger partial charge in [0.2, 0.25) is 5.89 Å². The van der Waals surface area contributed by atoms with Crippen LogP contribution in [0.25, 0.3) is 22.7 Å². The lowest BCUT2D eigenvalue weighted by Crippen LogP contribution is -2.03. The van der Waals surface area contributed by atoms with Crippen LogP contribution in [0.2, 0.25) is 0 Å². The van der Waals surface area contributed by atoms with Gasteiger partial charge in [0.05, 0.1) is 5.57 Å². The van der Waals surface area contributed by atoms with Gasteiger partial charge in [0, 0.05) is 10.0 Å². The zero-order chi connectivity index (χ0) is 18.8. The predicted octanol–water partition coefficient (Wildman–Crippen LogP) is 6.32. The van der Waals surface area contributed by atoms with Gasteiger partial charge in [-0.1, -0.05) is 70.0 Å². The van der Waals surface area contributed by atoms with Crippen LogP contribution in [0.15, 0.2) is 81.7 Å². The molecule has 0 saturated heterocycles. The van der Waals surface area contributed by atoms with Gasteiger partial charge in [0.1, 0.15) is 5.52 Å². The number of Topliss-reactive ketones (excluding diaryl/α,β-unsaturated/α-hetero) is 1. The first-order valence-electron chi connectivity index (χ1n) is 8.55. The molecule has 4 rings (SSSR count). The first-order chi connectivity index (χ1) is 13.1. The number of carbonyl (C=O) groups excluding carboxylic acids is 1. The Hall–Kier alpha value is -2.98. The number of nitrogens with zero attached hydrogens (tertiary/aromatic N) is 1. The maximum absolute atomic E-state index is 13.2. The number of aryl methyl sites for hydroxylation is 1. The molecule has 1 aromatic heterocycles. The number of allylic oxidation sites excluding steroid dienone is 1. The zero-order valence-corrected chi connectivity index (χ0v) is 16.2. The number of benzene rings is 3. The second-order valence-corrected chi connectivity index (χ2v) is 7.21. The molecule has 0 atom stereocenters. The third-order valence-electron chi connectivity index (χ3n) is 4.24. The van der Waals surface area contributed by atoms with E-state index in [1.807, 2.05) is 85.8 Å². The molecule has 3 nitrogen and oxygen atoms in total. The minimum Gasteiger partial charge on any atom is -0.436 e. The van der Waals surface area contributed by atoms with Crippen molar-refractivity contribution < 1.29 is 9.21 Å². The van der Waals surface area contributed by atoms with Crippen LogP contribution in [0.5, 0.6) is 0 Å². The van der Waals surface area contributed by atoms with Gasteiger partial charge in [-0.3, -0.25) is 4.79 Å². The van der Waals surface area contributed by atoms with Crippen molar-refractivity contribution in [1.29, 1.82) is 0 Å². The van der Waals surface area contributed by atoms with Crippen LogP contribution < -0.4 is 0 Å². The molecule has 0 aliphatic carbocycles. The van der Waals surface area contributed by atoms with Crippen molar-refractivity contribution in [3.8, 4) is 0 Å². The van der Waals surface area contributed by atoms with Gasteiger partial charge in [-0.25, -0.2) is 4.98 Å². The molecule has 0 bridgehead atoms. The molecule has 0 radical (unpaired) electrons. The topological polar surface area (TPSA) is 43.1 Å². The Morgan fingerprint density at radius 1 is 1.00 bits per heavy atom. The maximum Gasteiger partial charge on any atom is 0.231 e. The lowest BCUT2D eigenvalue weighted by atomic mass is 10.00. The van der Waals surface area contributed by atoms with E-state index in [4.69, 9.17) is 4.42 Å². The molecule has 4 aromatic rings. The number of hydrogen-bond acceptors (Lipinski definition) is 3. The number of carbonyl (C=O) groups is 1. The van der Waals surface area contributed by atoms with E-state index < -0.39 is 0 Å². The summed E-state index contributed by atoms with van der Waals surface area (Å²) in [5.41, 5.74) is 4.40. The Kier molecular flexibility index (Phi) is 4.73. The zero-order valence-electron chi connectivity index (χ0n) is 14.6. The minimum atomic E-state index is -0.124. The monoisotopic (exact) mass is 417 g/mol. The van der Waals surface area contributed by atoms with Crippen molar-refractivity contribution >= 4 is 44.5 Å². The first-order valence-corrected chi connectivity index (χ1v) is 9.34. The van der Waals surface area contributed by atoms with Gasteiger partial charge in [-0.2, -0.15) is 0 Å². The van der Waals surface area contributed by atoms with E-state index in [1.54, 1.807) is 0 Å². The summed E-state index contributed by atoms with van der Waals surface area (Å²) >= 11 is 3.47. The second kappa shape index (κ2) is 7.33. The summed E-state index contributed by atoms with van der Waals surface area (Å²) in [5, 5.41) is 0. The summed E-state index contributed by atoms with van der Waals surface area (Å²) < 4.78 is 6.83. The number of oxazole rings is 1. The Bertz CT molecular complexity index is 1120. The van der Waals surface area contributed by atoms with Crippen molar-refractivity contribution in [2.24, 2.45) is 0 Å². The molecular formula is C23H16BrNO2. The maximum atomic E-state index is 13.2. The van der Waals surface area contributed by atoms with Crippen molar-refractivity contribution in [1.82, 2.24) is 4.98 Å². The van der Waals surface area contributed by atoms with Gasteiger partial charge in [0.25, 0.3) is 0 Å². The molecule has 132 valence electrons. The molecular weight excluding hydrogens is 402 g/mol. The lowest BCUT2D eigenvalue weighted by molar-refractivity contribution is 0.105. The van der Waals surface area contributed by atoms with Crippen LogP contribution in [0, 0.1) is 6.92 Å². The van der Waals surface area contributed by atoms with Crippen molar-refractivity contribution in [3.05, 3.63) is 99.9 Å². The lowest BCUT2D eigenvalue weighted by Gasteiger charge is -2.05. The van der Waals surface area contributed by atoms with Crippen LogP contribution in [-0.2, 0) is 0 Å². The van der Waals surface area contributed by atoms with Crippen LogP contribution in [0.3, 0.4) is 0 Å². The molecule has 1 heterocycles. The van der Waals surface area contributed by atoms with Gasteiger partial charge < -0.3 is 4.42 Å². The van der Waals surface area contributed by atoms with Gasteiger partial charge in [-0.05, 0) is 42.8 Å². The van der Waals surface area contributed by atoms with E-state index in [1.165, 1.54) is 0 Å². The molecule has 0 unspecified atom stereocenters. The molecule has 0 N–H and O–H groups in total. The molecule has 0 aliphatic heterocycles. The Morgan fingerprint density at radius 2 is 1.78 bits per heavy atom. The van der Waals surface area contributed by atoms with E-state index >= 15 is 0 Å². The second-order valence-electron chi connectivity index (χ2n) is 6.29. The van der Waals surface area contributed by atoms with E-state index in [0.717, 1.165) is 21.1 Å². The number of aromatic nitrogens is 1. The Morgan fingerprint density at radius 3 is 2.52 bits per heavy atom. The fourth-order valence-corrected chi connectivity index (χ4v) is 3.25. The first kappa shape index (κ1) is 17.4. The standard InChI is InChI=1S/C23H16BrNO2/c1-15-9-11-17(12-10-15)22(26)19(14-16-5-4-6-18(24)13-16)23-25-20-7-2-3-8-21(20)27-23/h2-14H,1H3/b19-14-. The van der Waals surface area contributed by atoms with Crippen LogP contribution in [0.1, 0.15) is 27.4 Å². The van der Waals surface area contributed by atoms with Crippen LogP contribution in [-0.4, -0.2) is 10.8 Å². The van der Waals surface area contributed by atoms with Gasteiger partial charge in [-0.15, -0.1) is 0 Å². The summed E-state index contributed by atoms with van der Waals surface area (Å²) in [6, 6.07) is 22.8. The summed E-state index contributed by atoms with van der Waals surface area (Å²) in [4.78, 5) is 17.8. The highest BCUT2D eigenvalue weighted by molar-refractivity contribution is 9.10. The van der Waals surface area contributed by atoms with E-state index in [-0.39, 0.29) is 5.78 Å². The minimum absolute atomic E-state index is 0.124. The number of ketones is 1. The number of rotatable bonds is 4. The SMILES string of the molecule is Cc1ccc(C(=O)/C(=C/c2cccc(Br)c2)c2nc3ccccc3o2)cc1. The Balaban J connectivity index is 1.86. The largest absolute Gasteiger partial charge is 0.436 e. The summed E-state index contributed by atoms with van der Waals surface area (Å²) in [7, 11) is 0. The smallest absolute Gasteiger partial charge is 0.231 e. The molecule has 27 heavy (non-hydrogen) atoms. The van der Waals surface area contributed by atoms with Crippen molar-refractivity contribution in [2.75, 3.05) is 0 Å². The highest BCUT2D eigenvalue weighted by Gasteiger charge is 2.20. The third-order valence-corrected chi connectivity index (χ3v) is 4.74. The molecule has 0 spiro atoms. The summed E-state index contributed by atoms with van der Waals surface area (Å²) in [6.07, 6.45) is 1.82. The average Bonchev–Trinajstić information content (AvgIpc) is 3.10. The van der Waals surface area contributed by atoms with Crippen LogP contribution in [0.4, 0.5) is 0 Å². The summed E-state index contributed by atoms with van der Waals surface area (Å²) in [6.45, 7) is 1.99. The predicted molar refractivity (Wildman–Crippen MR) is 112 cm³/mol. The highest BCUT2D eigenvalue weighted by Crippen LogP contribution is 2.27. The fraction of sp³-hybridized carbons (Fsp3) is 0.0435. The molecule has 0 amide bonds. The van der Waals surface area contributed by atoms with E-state index in [0.29, 0.717) is 22.6 Å². The van der Waals surface area contributed by atoms with Gasteiger partial charge in [0.15, 0.2) is 11.4 Å². The van der Waals surface area contributed by atoms with E-state index in [9.17, 15) is 4.79 Å². The third kappa shape index (κ3) is 3.76. The Labute approximate surface area is 165 Å². The molecule has 0 saturated carbocycles. The number of fused-ring (bicyclic) bond motifs is 1. The molecule has 4 heteroatoms. The van der Waals surface area contributed by atoms with Crippen LogP contribution >= 0.6 is 15.9 Å². The molecule has 3 aromatic carbocycles. The van der Waals surface area contributed by atoms with Crippen molar-refractivity contribution in [2.45, 2.75) is 6.92 Å². The van der Waals surface area contributed by atoms with Gasteiger partial charge >= 0.3 is 0 Å². The number of para-hydroxylation sites is 2. The highest BCUT2D eigenvalue weighted by atomic mass is 79.9. The van der Waals surface area contributed by atoms with E-state index in [2.05, 4.69) is 20.9 Å². The number of halogens is 1. The normalized spacial score (nSPS) is 11.7. The quantitative estimate of drug-likeness (QED) is 0.288. The molecule has 0 aliphatic rings. The van der Waals surface area contributed by atoms with Crippen molar-refractivity contribution in [3.63, 3.8) is 0 Å².